The number of aromatic nitrogens is 1. The molecule has 0 aliphatic carbocycles. The average Bonchev–Trinajstić information content (AvgIpc) is 2.87. The molecule has 0 bridgehead atoms. The summed E-state index contributed by atoms with van der Waals surface area (Å²) < 4.78 is 26.8. The Labute approximate surface area is 193 Å². The summed E-state index contributed by atoms with van der Waals surface area (Å²) in [7, 11) is -2.93. The van der Waals surface area contributed by atoms with Crippen molar-refractivity contribution in [1.29, 1.82) is 0 Å². The van der Waals surface area contributed by atoms with Crippen LogP contribution in [0.1, 0.15) is 11.1 Å². The molecule has 0 saturated carbocycles. The van der Waals surface area contributed by atoms with Gasteiger partial charge in [0.25, 0.3) is 0 Å². The third kappa shape index (κ3) is 4.14. The predicted molar refractivity (Wildman–Crippen MR) is 131 cm³/mol. The molecule has 5 rings (SSSR count). The van der Waals surface area contributed by atoms with Crippen LogP contribution >= 0.6 is 22.2 Å². The number of hydrogen-bond acceptors (Lipinski definition) is 7. The summed E-state index contributed by atoms with van der Waals surface area (Å²) in [5.41, 5.74) is 9.81. The lowest BCUT2D eigenvalue weighted by Gasteiger charge is -2.38. The fourth-order valence-electron chi connectivity index (χ4n) is 4.16. The molecule has 170 valence electrons. The van der Waals surface area contributed by atoms with Crippen LogP contribution in [0.2, 0.25) is 5.02 Å². The van der Waals surface area contributed by atoms with E-state index in [1.54, 1.807) is 12.1 Å². The van der Waals surface area contributed by atoms with Crippen LogP contribution in [0.15, 0.2) is 47.4 Å². The molecule has 0 amide bonds. The molecular formula is C23H27ClN4O3S. The van der Waals surface area contributed by atoms with E-state index in [2.05, 4.69) is 23.2 Å². The van der Waals surface area contributed by atoms with Crippen LogP contribution in [0.5, 0.6) is 0 Å². The minimum Gasteiger partial charge on any atom is -0.382 e. The molecule has 0 atom stereocenters. The Morgan fingerprint density at radius 2 is 2.03 bits per heavy atom. The highest BCUT2D eigenvalue weighted by Crippen LogP contribution is 2.52. The van der Waals surface area contributed by atoms with Gasteiger partial charge in [-0.2, -0.15) is 10.6 Å². The molecule has 7 nitrogen and oxygen atoms in total. The molecule has 3 aromatic rings. The predicted octanol–water partition coefficient (Wildman–Crippen LogP) is 4.47. The first-order valence-electron chi connectivity index (χ1n) is 10.5. The highest BCUT2D eigenvalue weighted by Gasteiger charge is 2.34. The van der Waals surface area contributed by atoms with Crippen LogP contribution in [0.4, 0.5) is 11.5 Å². The second-order valence-corrected chi connectivity index (χ2v) is 11.4. The van der Waals surface area contributed by atoms with Crippen molar-refractivity contribution in [3.05, 3.63) is 58.6 Å². The van der Waals surface area contributed by atoms with Gasteiger partial charge in [-0.15, -0.1) is 0 Å². The van der Waals surface area contributed by atoms with Crippen LogP contribution in [0.3, 0.4) is 0 Å². The molecule has 1 fully saturated rings. The molecule has 5 N–H and O–H groups in total. The van der Waals surface area contributed by atoms with Gasteiger partial charge in [0.05, 0.1) is 34.9 Å². The highest BCUT2D eigenvalue weighted by molar-refractivity contribution is 8.24. The van der Waals surface area contributed by atoms with Gasteiger partial charge in [0.1, 0.15) is 5.82 Å². The number of rotatable bonds is 4. The Morgan fingerprint density at radius 3 is 2.78 bits per heavy atom. The first kappa shape index (κ1) is 21.8. The van der Waals surface area contributed by atoms with Crippen LogP contribution in [0.25, 0.3) is 10.9 Å². The molecule has 0 radical (unpaired) electrons. The number of aryl methyl sites for hydroxylation is 1. The highest BCUT2D eigenvalue weighted by atomic mass is 35.5. The molecule has 3 heterocycles. The van der Waals surface area contributed by atoms with Crippen molar-refractivity contribution in [3.63, 3.8) is 0 Å². The Morgan fingerprint density at radius 1 is 1.22 bits per heavy atom. The Kier molecular flexibility index (Phi) is 5.48. The van der Waals surface area contributed by atoms with Gasteiger partial charge in [0, 0.05) is 41.8 Å². The fraction of sp³-hybridized carbons (Fsp3) is 0.348. The molecule has 2 aliphatic rings. The maximum absolute atomic E-state index is 10.8. The standard InChI is InChI=1S/C23H27ClN4O3S/c1-15-2-5-19-18(8-15)20(26-12-23(25)13-31-14-23)10-22(27-19)28-6-7-32(29,30)21-9-17(24)4-3-16(21)11-28/h2-5,8-10,29-30H,6-7,11-14,25H2,1H3,(H,26,27). The maximum atomic E-state index is 10.8. The number of nitrogens with one attached hydrogen (secondary N) is 1. The summed E-state index contributed by atoms with van der Waals surface area (Å²) in [5, 5.41) is 5.04. The van der Waals surface area contributed by atoms with Crippen molar-refractivity contribution in [1.82, 2.24) is 4.98 Å². The van der Waals surface area contributed by atoms with Crippen molar-refractivity contribution >= 4 is 44.6 Å². The van der Waals surface area contributed by atoms with Gasteiger partial charge in [0.15, 0.2) is 0 Å². The first-order chi connectivity index (χ1) is 15.2. The minimum absolute atomic E-state index is 0.222. The van der Waals surface area contributed by atoms with E-state index >= 15 is 0 Å². The first-order valence-corrected chi connectivity index (χ1v) is 12.6. The van der Waals surface area contributed by atoms with E-state index in [9.17, 15) is 9.11 Å². The van der Waals surface area contributed by atoms with Gasteiger partial charge in [-0.3, -0.25) is 9.11 Å². The van der Waals surface area contributed by atoms with Crippen LogP contribution in [0, 0.1) is 6.92 Å². The smallest absolute Gasteiger partial charge is 0.131 e. The van der Waals surface area contributed by atoms with E-state index in [0.717, 1.165) is 33.5 Å². The minimum atomic E-state index is -2.93. The lowest BCUT2D eigenvalue weighted by atomic mass is 9.99. The lowest BCUT2D eigenvalue weighted by molar-refractivity contribution is -0.0461. The number of fused-ring (bicyclic) bond motifs is 2. The zero-order chi connectivity index (χ0) is 22.5. The number of halogens is 1. The van der Waals surface area contributed by atoms with Crippen molar-refractivity contribution in [2.45, 2.75) is 23.9 Å². The van der Waals surface area contributed by atoms with Crippen molar-refractivity contribution in [3.8, 4) is 0 Å². The Bertz CT molecular complexity index is 1190. The van der Waals surface area contributed by atoms with E-state index in [1.807, 2.05) is 24.3 Å². The molecule has 0 spiro atoms. The monoisotopic (exact) mass is 474 g/mol. The lowest BCUT2D eigenvalue weighted by Crippen LogP contribution is -2.61. The van der Waals surface area contributed by atoms with E-state index in [0.29, 0.717) is 42.8 Å². The number of benzene rings is 2. The van der Waals surface area contributed by atoms with E-state index in [4.69, 9.17) is 27.1 Å². The van der Waals surface area contributed by atoms with Crippen LogP contribution in [-0.4, -0.2) is 51.7 Å². The van der Waals surface area contributed by atoms with E-state index in [-0.39, 0.29) is 11.3 Å². The third-order valence-corrected chi connectivity index (χ3v) is 8.14. The molecule has 9 heteroatoms. The van der Waals surface area contributed by atoms with Gasteiger partial charge in [-0.1, -0.05) is 29.3 Å². The summed E-state index contributed by atoms with van der Waals surface area (Å²) in [6.45, 7) is 4.72. The Balaban J connectivity index is 1.53. The molecule has 0 unspecified atom stereocenters. The SMILES string of the molecule is Cc1ccc2nc(N3CCS(O)(O)c4cc(Cl)ccc4C3)cc(NCC3(N)COC3)c2c1. The fourth-order valence-corrected chi connectivity index (χ4v) is 5.96. The van der Waals surface area contributed by atoms with Crippen molar-refractivity contribution in [2.75, 3.05) is 42.3 Å². The normalized spacial score (nSPS) is 20.2. The summed E-state index contributed by atoms with van der Waals surface area (Å²) in [4.78, 5) is 7.52. The van der Waals surface area contributed by atoms with Gasteiger partial charge >= 0.3 is 0 Å². The average molecular weight is 475 g/mol. The van der Waals surface area contributed by atoms with Gasteiger partial charge in [0.2, 0.25) is 0 Å². The van der Waals surface area contributed by atoms with E-state index < -0.39 is 10.6 Å². The number of anilines is 2. The quantitative estimate of drug-likeness (QED) is 0.442. The van der Waals surface area contributed by atoms with Gasteiger partial charge < -0.3 is 20.7 Å². The van der Waals surface area contributed by atoms with Gasteiger partial charge in [-0.25, -0.2) is 4.98 Å². The number of nitrogens with zero attached hydrogens (tertiary/aromatic N) is 2. The van der Waals surface area contributed by atoms with Gasteiger partial charge in [-0.05, 0) is 36.8 Å². The van der Waals surface area contributed by atoms with Crippen LogP contribution in [-0.2, 0) is 11.3 Å². The zero-order valence-corrected chi connectivity index (χ0v) is 19.4. The molecule has 1 saturated heterocycles. The number of nitrogens with two attached hydrogens (primary N) is 1. The summed E-state index contributed by atoms with van der Waals surface area (Å²) in [6.07, 6.45) is 0. The van der Waals surface area contributed by atoms with Crippen LogP contribution < -0.4 is 16.0 Å². The molecule has 32 heavy (non-hydrogen) atoms. The number of hydrogen-bond donors (Lipinski definition) is 4. The summed E-state index contributed by atoms with van der Waals surface area (Å²) >= 11 is 6.14. The summed E-state index contributed by atoms with van der Waals surface area (Å²) in [6, 6.07) is 13.5. The molecule has 2 aliphatic heterocycles. The van der Waals surface area contributed by atoms with Crippen molar-refractivity contribution in [2.24, 2.45) is 5.73 Å². The largest absolute Gasteiger partial charge is 0.382 e. The second kappa shape index (κ2) is 8.06. The molecular weight excluding hydrogens is 448 g/mol. The number of ether oxygens (including phenoxy) is 1. The van der Waals surface area contributed by atoms with E-state index in [1.165, 1.54) is 0 Å². The summed E-state index contributed by atoms with van der Waals surface area (Å²) in [5.74, 6) is 0.998. The molecule has 2 aromatic carbocycles. The van der Waals surface area contributed by atoms with Crippen molar-refractivity contribution < 1.29 is 13.8 Å². The third-order valence-electron chi connectivity index (χ3n) is 6.07. The Hall–Kier alpha value is -2.07. The number of pyridine rings is 1. The zero-order valence-electron chi connectivity index (χ0n) is 17.8. The second-order valence-electron chi connectivity index (χ2n) is 8.80. The molecule has 1 aromatic heterocycles. The maximum Gasteiger partial charge on any atom is 0.131 e. The topological polar surface area (TPSA) is 104 Å².